The first kappa shape index (κ1) is 33.4. The van der Waals surface area contributed by atoms with Gasteiger partial charge < -0.3 is 47.3 Å². The van der Waals surface area contributed by atoms with Crippen molar-refractivity contribution >= 4 is 75.4 Å². The van der Waals surface area contributed by atoms with Crippen LogP contribution in [0, 0.1) is 0 Å². The van der Waals surface area contributed by atoms with E-state index in [4.69, 9.17) is 16.3 Å². The van der Waals surface area contributed by atoms with E-state index in [0.717, 1.165) is 29.4 Å². The molecule has 47 heavy (non-hydrogen) atoms. The van der Waals surface area contributed by atoms with E-state index >= 15 is 0 Å². The summed E-state index contributed by atoms with van der Waals surface area (Å²) in [6.07, 6.45) is 2.34. The van der Waals surface area contributed by atoms with Crippen LogP contribution in [0.3, 0.4) is 0 Å². The van der Waals surface area contributed by atoms with Crippen molar-refractivity contribution in [2.75, 3.05) is 35.6 Å². The van der Waals surface area contributed by atoms with Crippen molar-refractivity contribution in [3.05, 3.63) is 23.3 Å². The van der Waals surface area contributed by atoms with Crippen molar-refractivity contribution in [3.63, 3.8) is 0 Å². The Hall–Kier alpha value is -4.96. The number of nitrogens with zero attached hydrogens (tertiary/aromatic N) is 6. The van der Waals surface area contributed by atoms with Crippen LogP contribution in [0.5, 0.6) is 0 Å². The smallest absolute Gasteiger partial charge is 0.350 e. The van der Waals surface area contributed by atoms with E-state index in [-0.39, 0.29) is 40.8 Å². The van der Waals surface area contributed by atoms with E-state index in [1.54, 1.807) is 17.9 Å². The lowest BCUT2D eigenvalue weighted by Gasteiger charge is -2.50. The van der Waals surface area contributed by atoms with Crippen molar-refractivity contribution in [2.24, 2.45) is 12.2 Å². The highest BCUT2D eigenvalue weighted by atomic mass is 32.2. The number of carboxylic acid groups (broad SMARTS) is 2. The van der Waals surface area contributed by atoms with Gasteiger partial charge in [0.15, 0.2) is 23.2 Å². The highest BCUT2D eigenvalue weighted by Crippen LogP contribution is 2.40. The van der Waals surface area contributed by atoms with Crippen molar-refractivity contribution < 1.29 is 43.7 Å². The zero-order valence-electron chi connectivity index (χ0n) is 25.3. The second kappa shape index (κ2) is 13.0. The maximum absolute atomic E-state index is 13.3. The molecule has 3 aliphatic heterocycles. The summed E-state index contributed by atoms with van der Waals surface area (Å²) < 4.78 is 7.03. The predicted octanol–water partition coefficient (Wildman–Crippen LogP) is -3.50. The third-order valence-electron chi connectivity index (χ3n) is 7.56. The number of urea groups is 1. The van der Waals surface area contributed by atoms with Gasteiger partial charge in [-0.15, -0.1) is 21.1 Å². The maximum atomic E-state index is 13.3. The first-order chi connectivity index (χ1) is 22.2. The molecule has 4 amide bonds. The topological polar surface area (TPSA) is 288 Å². The molecule has 252 valence electrons. The van der Waals surface area contributed by atoms with E-state index in [1.807, 2.05) is 0 Å². The molecule has 0 aromatic carbocycles. The highest BCUT2D eigenvalue weighted by molar-refractivity contribution is 8.00. The lowest BCUT2D eigenvalue weighted by atomic mass is 10.0. The molecule has 5 rings (SSSR count). The van der Waals surface area contributed by atoms with Gasteiger partial charge in [0.25, 0.3) is 11.8 Å². The molecule has 2 aromatic rings. The van der Waals surface area contributed by atoms with Gasteiger partial charge in [-0.3, -0.25) is 19.8 Å². The average molecular weight is 693 g/mol. The summed E-state index contributed by atoms with van der Waals surface area (Å²) in [5, 5.41) is 35.7. The fraction of sp³-hybridized carbons (Fsp3) is 0.480. The van der Waals surface area contributed by atoms with Gasteiger partial charge in [-0.1, -0.05) is 5.16 Å². The van der Waals surface area contributed by atoms with Gasteiger partial charge >= 0.3 is 12.0 Å². The third kappa shape index (κ3) is 6.78. The monoisotopic (exact) mass is 692 g/mol. The number of hydrogen-bond donors (Lipinski definition) is 7. The number of anilines is 3. The number of aromatic nitrogens is 4. The molecule has 3 aliphatic rings. The molecule has 22 heteroatoms. The Kier molecular flexibility index (Phi) is 9.27. The zero-order valence-corrected chi connectivity index (χ0v) is 26.9. The van der Waals surface area contributed by atoms with Gasteiger partial charge in [-0.25, -0.2) is 9.59 Å². The number of carboxylic acids is 2. The Bertz CT molecular complexity index is 1700. The SMILES string of the molecule is Cn1c(N)c(NC(=O)NC2CCNC2)c[n+]1CC1=C(C(=O)[O-])N2C(=O)[C@@H](NC(=O)/C(=N/OC(C)(C)C(=O)O)c3nsc(N)n3)[C@H]2SC1. The molecule has 5 heterocycles. The summed E-state index contributed by atoms with van der Waals surface area (Å²) in [6, 6.07) is -1.64. The van der Waals surface area contributed by atoms with Crippen LogP contribution in [0.25, 0.3) is 0 Å². The number of β-lactam (4-membered cyclic amide) rings is 1. The molecule has 2 fully saturated rings. The maximum Gasteiger partial charge on any atom is 0.350 e. The second-order valence-corrected chi connectivity index (χ2v) is 13.1. The zero-order chi connectivity index (χ0) is 34.2. The van der Waals surface area contributed by atoms with Crippen LogP contribution in [0.1, 0.15) is 26.1 Å². The number of carbonyl (C=O) groups is 5. The van der Waals surface area contributed by atoms with Gasteiger partial charge in [0.1, 0.15) is 11.4 Å². The van der Waals surface area contributed by atoms with Gasteiger partial charge in [-0.05, 0) is 26.8 Å². The molecule has 0 bridgehead atoms. The summed E-state index contributed by atoms with van der Waals surface area (Å²) in [5.74, 6) is -4.57. The minimum absolute atomic E-state index is 0.00589. The Morgan fingerprint density at radius 1 is 1.30 bits per heavy atom. The number of aliphatic carboxylic acids is 2. The number of thioether (sulfide) groups is 1. The lowest BCUT2D eigenvalue weighted by Crippen LogP contribution is -2.71. The van der Waals surface area contributed by atoms with Crippen LogP contribution in [0.2, 0.25) is 0 Å². The van der Waals surface area contributed by atoms with Crippen molar-refractivity contribution in [1.29, 1.82) is 0 Å². The summed E-state index contributed by atoms with van der Waals surface area (Å²) in [7, 11) is 1.63. The Morgan fingerprint density at radius 2 is 2.04 bits per heavy atom. The number of carbonyl (C=O) groups excluding carboxylic acids is 4. The minimum Gasteiger partial charge on any atom is -0.543 e. The Labute approximate surface area is 274 Å². The average Bonchev–Trinajstić information content (AvgIpc) is 3.74. The van der Waals surface area contributed by atoms with Gasteiger partial charge in [0.2, 0.25) is 23.3 Å². The molecule has 1 unspecified atom stereocenters. The molecule has 20 nitrogen and oxygen atoms in total. The lowest BCUT2D eigenvalue weighted by molar-refractivity contribution is -0.765. The Balaban J connectivity index is 1.31. The summed E-state index contributed by atoms with van der Waals surface area (Å²) in [6.45, 7) is 3.87. The molecule has 3 atom stereocenters. The summed E-state index contributed by atoms with van der Waals surface area (Å²) in [5.41, 5.74) is 9.76. The van der Waals surface area contributed by atoms with Crippen molar-refractivity contribution in [3.8, 4) is 0 Å². The van der Waals surface area contributed by atoms with Crippen molar-refractivity contribution in [1.82, 2.24) is 34.9 Å². The first-order valence-electron chi connectivity index (χ1n) is 14.1. The van der Waals surface area contributed by atoms with Crippen LogP contribution < -0.4 is 42.5 Å². The van der Waals surface area contributed by atoms with Crippen molar-refractivity contribution in [2.45, 2.75) is 49.9 Å². The predicted molar refractivity (Wildman–Crippen MR) is 164 cm³/mol. The van der Waals surface area contributed by atoms with Gasteiger partial charge in [0.05, 0.1) is 18.7 Å². The summed E-state index contributed by atoms with van der Waals surface area (Å²) in [4.78, 5) is 72.8. The van der Waals surface area contributed by atoms with Gasteiger partial charge in [0, 0.05) is 35.4 Å². The second-order valence-electron chi connectivity index (χ2n) is 11.2. The van der Waals surface area contributed by atoms with E-state index in [9.17, 15) is 34.2 Å². The molecule has 0 spiro atoms. The van der Waals surface area contributed by atoms with E-state index < -0.39 is 52.5 Å². The quantitative estimate of drug-likeness (QED) is 0.0521. The van der Waals surface area contributed by atoms with Gasteiger partial charge in [-0.2, -0.15) is 9.36 Å². The largest absolute Gasteiger partial charge is 0.543 e. The number of rotatable bonds is 11. The molecule has 2 saturated heterocycles. The highest BCUT2D eigenvalue weighted by Gasteiger charge is 2.53. The van der Waals surface area contributed by atoms with Crippen LogP contribution in [0.15, 0.2) is 22.6 Å². The standard InChI is InChI=1S/C25H32N12O8S2/c1-25(2,22(42)43)45-33-13(17-32-23(27)47-34-17)18(38)31-14-19(39)37-15(21(40)41)10(9-46-20(14)37)7-36-8-12(16(26)35(36)3)30-24(44)29-11-4-5-28-6-11/h8,11,14,20,26,28H,4-7,9H2,1-3H3,(H7,27,29,30,31,32,34,38,40,41,42,43,44)/b33-13+/t11?,14-,20-/m1/s1. The molecule has 0 saturated carbocycles. The van der Waals surface area contributed by atoms with Crippen LogP contribution in [0.4, 0.5) is 21.4 Å². The molecule has 0 aliphatic carbocycles. The van der Waals surface area contributed by atoms with E-state index in [1.165, 1.54) is 30.3 Å². The number of amides is 4. The number of nitrogen functional groups attached to an aromatic ring is 2. The number of hydrogen-bond acceptors (Lipinski definition) is 15. The van der Waals surface area contributed by atoms with Crippen LogP contribution in [-0.4, -0.2) is 101 Å². The molecular formula is C25H32N12O8S2. The van der Waals surface area contributed by atoms with Crippen LogP contribution >= 0.6 is 23.3 Å². The minimum atomic E-state index is -1.82. The van der Waals surface area contributed by atoms with E-state index in [0.29, 0.717) is 17.8 Å². The first-order valence-corrected chi connectivity index (χ1v) is 15.9. The number of oxime groups is 1. The fourth-order valence-electron chi connectivity index (χ4n) is 4.90. The third-order valence-corrected chi connectivity index (χ3v) is 9.44. The number of fused-ring (bicyclic) bond motifs is 1. The van der Waals surface area contributed by atoms with Crippen LogP contribution in [-0.2, 0) is 37.6 Å². The Morgan fingerprint density at radius 3 is 2.66 bits per heavy atom. The molecule has 0 radical (unpaired) electrons. The normalized spacial score (nSPS) is 21.2. The molecule has 2 aromatic heterocycles. The number of nitrogens with two attached hydrogens (primary N) is 2. The number of nitrogens with one attached hydrogen (secondary N) is 4. The fourth-order valence-corrected chi connectivity index (χ4v) is 6.67. The molecular weight excluding hydrogens is 660 g/mol. The van der Waals surface area contributed by atoms with E-state index in [2.05, 4.69) is 35.8 Å². The molecule has 9 N–H and O–H groups in total. The summed E-state index contributed by atoms with van der Waals surface area (Å²) >= 11 is 1.95.